The number of hydrogen-bond acceptors (Lipinski definition) is 5. The highest BCUT2D eigenvalue weighted by Crippen LogP contribution is 2.19. The van der Waals surface area contributed by atoms with Gasteiger partial charge in [-0.15, -0.1) is 0 Å². The molecule has 150 valence electrons. The lowest BCUT2D eigenvalue weighted by Crippen LogP contribution is -2.31. The molecule has 1 amide bonds. The van der Waals surface area contributed by atoms with Gasteiger partial charge in [-0.25, -0.2) is 13.1 Å². The molecule has 0 saturated heterocycles. The number of amides is 1. The van der Waals surface area contributed by atoms with Gasteiger partial charge in [0, 0.05) is 5.56 Å². The van der Waals surface area contributed by atoms with Crippen molar-refractivity contribution >= 4 is 21.9 Å². The summed E-state index contributed by atoms with van der Waals surface area (Å²) in [5.41, 5.74) is 0.921. The Hall–Kier alpha value is -2.71. The van der Waals surface area contributed by atoms with Gasteiger partial charge in [0.2, 0.25) is 10.0 Å². The molecule has 2 rings (SSSR count). The molecule has 0 heterocycles. The largest absolute Gasteiger partial charge is 0.463 e. The number of rotatable bonds is 8. The standard InChI is InChI=1S/C20H24N2O5S/c1-14(2)27-19(23)13-18(15-8-5-4-6-9-15)22-20(24)16-10-7-11-17(12-16)28(25,26)21-3/h4-12,14,18,21H,13H2,1-3H3,(H,22,24). The Morgan fingerprint density at radius 1 is 1.04 bits per heavy atom. The number of sulfonamides is 1. The number of carbonyl (C=O) groups excluding carboxylic acids is 2. The Kier molecular flexibility index (Phi) is 7.31. The minimum Gasteiger partial charge on any atom is -0.463 e. The van der Waals surface area contributed by atoms with Crippen LogP contribution >= 0.6 is 0 Å². The number of ether oxygens (including phenoxy) is 1. The lowest BCUT2D eigenvalue weighted by atomic mass is 10.0. The predicted molar refractivity (Wildman–Crippen MR) is 105 cm³/mol. The summed E-state index contributed by atoms with van der Waals surface area (Å²) in [6.45, 7) is 3.50. The average Bonchev–Trinajstić information content (AvgIpc) is 2.67. The van der Waals surface area contributed by atoms with Gasteiger partial charge in [0.25, 0.3) is 5.91 Å². The Balaban J connectivity index is 2.25. The van der Waals surface area contributed by atoms with Crippen LogP contribution in [0.15, 0.2) is 59.5 Å². The van der Waals surface area contributed by atoms with E-state index in [2.05, 4.69) is 10.0 Å². The smallest absolute Gasteiger partial charge is 0.308 e. The molecule has 0 bridgehead atoms. The Morgan fingerprint density at radius 3 is 2.32 bits per heavy atom. The second-order valence-electron chi connectivity index (χ2n) is 6.41. The molecule has 1 unspecified atom stereocenters. The molecule has 2 N–H and O–H groups in total. The molecule has 0 aliphatic carbocycles. The monoisotopic (exact) mass is 404 g/mol. The molecule has 0 saturated carbocycles. The van der Waals surface area contributed by atoms with Crippen molar-refractivity contribution in [3.05, 3.63) is 65.7 Å². The van der Waals surface area contributed by atoms with Crippen molar-refractivity contribution in [2.24, 2.45) is 0 Å². The number of carbonyl (C=O) groups is 2. The van der Waals surface area contributed by atoms with E-state index in [9.17, 15) is 18.0 Å². The molecule has 8 heteroatoms. The molecule has 0 radical (unpaired) electrons. The molecule has 0 aliphatic rings. The Morgan fingerprint density at radius 2 is 1.71 bits per heavy atom. The predicted octanol–water partition coefficient (Wildman–Crippen LogP) is 2.41. The zero-order valence-corrected chi connectivity index (χ0v) is 16.8. The maximum atomic E-state index is 12.7. The van der Waals surface area contributed by atoms with Gasteiger partial charge in [0.1, 0.15) is 0 Å². The van der Waals surface area contributed by atoms with E-state index < -0.39 is 27.9 Å². The van der Waals surface area contributed by atoms with Gasteiger partial charge in [-0.05, 0) is 44.7 Å². The van der Waals surface area contributed by atoms with Gasteiger partial charge in [-0.1, -0.05) is 36.4 Å². The molecule has 2 aromatic carbocycles. The third-order valence-electron chi connectivity index (χ3n) is 3.92. The first kappa shape index (κ1) is 21.6. The lowest BCUT2D eigenvalue weighted by Gasteiger charge is -2.19. The minimum atomic E-state index is -3.67. The van der Waals surface area contributed by atoms with Crippen LogP contribution in [0.25, 0.3) is 0 Å². The number of nitrogens with one attached hydrogen (secondary N) is 2. The zero-order chi connectivity index (χ0) is 20.7. The summed E-state index contributed by atoms with van der Waals surface area (Å²) in [6, 6.07) is 14.1. The van der Waals surface area contributed by atoms with Crippen molar-refractivity contribution in [3.63, 3.8) is 0 Å². The van der Waals surface area contributed by atoms with Crippen molar-refractivity contribution < 1.29 is 22.7 Å². The van der Waals surface area contributed by atoms with E-state index in [0.717, 1.165) is 5.56 Å². The van der Waals surface area contributed by atoms with Gasteiger partial charge < -0.3 is 10.1 Å². The highest BCUT2D eigenvalue weighted by Gasteiger charge is 2.21. The van der Waals surface area contributed by atoms with Crippen molar-refractivity contribution in [2.45, 2.75) is 37.3 Å². The fraction of sp³-hybridized carbons (Fsp3) is 0.300. The highest BCUT2D eigenvalue weighted by molar-refractivity contribution is 7.89. The SMILES string of the molecule is CNS(=O)(=O)c1cccc(C(=O)NC(CC(=O)OC(C)C)c2ccccc2)c1. The van der Waals surface area contributed by atoms with Gasteiger partial charge in [-0.2, -0.15) is 0 Å². The average molecular weight is 404 g/mol. The van der Waals surface area contributed by atoms with Crippen LogP contribution in [0.4, 0.5) is 0 Å². The molecule has 1 atom stereocenters. The topological polar surface area (TPSA) is 102 Å². The molecule has 7 nitrogen and oxygen atoms in total. The fourth-order valence-electron chi connectivity index (χ4n) is 2.58. The second kappa shape index (κ2) is 9.48. The lowest BCUT2D eigenvalue weighted by molar-refractivity contribution is -0.147. The molecule has 2 aromatic rings. The van der Waals surface area contributed by atoms with Crippen molar-refractivity contribution in [1.82, 2.24) is 10.0 Å². The van der Waals surface area contributed by atoms with E-state index in [-0.39, 0.29) is 23.0 Å². The summed E-state index contributed by atoms with van der Waals surface area (Å²) < 4.78 is 31.3. The van der Waals surface area contributed by atoms with Crippen LogP contribution < -0.4 is 10.0 Å². The Bertz CT molecular complexity index is 927. The van der Waals surface area contributed by atoms with Crippen LogP contribution in [0.2, 0.25) is 0 Å². The maximum Gasteiger partial charge on any atom is 0.308 e. The summed E-state index contributed by atoms with van der Waals surface area (Å²) in [4.78, 5) is 24.8. The summed E-state index contributed by atoms with van der Waals surface area (Å²) in [5.74, 6) is -0.921. The number of hydrogen-bond donors (Lipinski definition) is 2. The molecule has 0 aromatic heterocycles. The fourth-order valence-corrected chi connectivity index (χ4v) is 3.35. The first-order valence-corrected chi connectivity index (χ1v) is 10.3. The van der Waals surface area contributed by atoms with Crippen molar-refractivity contribution in [1.29, 1.82) is 0 Å². The van der Waals surface area contributed by atoms with Crippen molar-refractivity contribution in [2.75, 3.05) is 7.05 Å². The van der Waals surface area contributed by atoms with Gasteiger partial charge in [0.15, 0.2) is 0 Å². The normalized spacial score (nSPS) is 12.4. The van der Waals surface area contributed by atoms with E-state index in [1.807, 2.05) is 18.2 Å². The zero-order valence-electron chi connectivity index (χ0n) is 16.0. The van der Waals surface area contributed by atoms with Crippen LogP contribution in [0.5, 0.6) is 0 Å². The molecular weight excluding hydrogens is 380 g/mol. The molecule has 28 heavy (non-hydrogen) atoms. The van der Waals surface area contributed by atoms with Crippen LogP contribution in [0.1, 0.15) is 42.2 Å². The van der Waals surface area contributed by atoms with E-state index in [4.69, 9.17) is 4.74 Å². The van der Waals surface area contributed by atoms with E-state index in [1.54, 1.807) is 26.0 Å². The summed E-state index contributed by atoms with van der Waals surface area (Å²) in [7, 11) is -2.37. The molecular formula is C20H24N2O5S. The third-order valence-corrected chi connectivity index (χ3v) is 5.33. The van der Waals surface area contributed by atoms with Crippen LogP contribution in [0.3, 0.4) is 0 Å². The van der Waals surface area contributed by atoms with E-state index >= 15 is 0 Å². The van der Waals surface area contributed by atoms with Gasteiger partial charge in [0.05, 0.1) is 23.5 Å². The summed E-state index contributed by atoms with van der Waals surface area (Å²) >= 11 is 0. The second-order valence-corrected chi connectivity index (χ2v) is 8.30. The summed E-state index contributed by atoms with van der Waals surface area (Å²) in [6.07, 6.45) is -0.300. The van der Waals surface area contributed by atoms with Gasteiger partial charge >= 0.3 is 5.97 Å². The quantitative estimate of drug-likeness (QED) is 0.658. The van der Waals surface area contributed by atoms with Crippen LogP contribution in [0, 0.1) is 0 Å². The first-order valence-electron chi connectivity index (χ1n) is 8.82. The first-order chi connectivity index (χ1) is 13.2. The van der Waals surface area contributed by atoms with E-state index in [1.165, 1.54) is 31.3 Å². The third kappa shape index (κ3) is 5.90. The highest BCUT2D eigenvalue weighted by atomic mass is 32.2. The van der Waals surface area contributed by atoms with Gasteiger partial charge in [-0.3, -0.25) is 9.59 Å². The number of esters is 1. The van der Waals surface area contributed by atoms with Crippen LogP contribution in [-0.4, -0.2) is 33.4 Å². The molecule has 0 aliphatic heterocycles. The molecule has 0 spiro atoms. The summed E-state index contributed by atoms with van der Waals surface area (Å²) in [5, 5.41) is 2.80. The van der Waals surface area contributed by atoms with Crippen molar-refractivity contribution in [3.8, 4) is 0 Å². The van der Waals surface area contributed by atoms with Crippen LogP contribution in [-0.2, 0) is 19.6 Å². The van der Waals surface area contributed by atoms with E-state index in [0.29, 0.717) is 0 Å². The maximum absolute atomic E-state index is 12.7. The molecule has 0 fully saturated rings. The number of benzene rings is 2. The minimum absolute atomic E-state index is 0.0156. The Labute approximate surface area is 165 Å².